The minimum absolute atomic E-state index is 0.196. The standard InChI is InChI=1S/C23H39N3O3/c1-2-3-4-5-6-7-8-9-10-11-12-13-14-15-16-22(27)26-21(23(28)29)17-20-18-24-19-25-20/h8-9,18-19,21H,2-7,10-17H2,1H3,(H,24,25)(H,26,27)(H,28,29)/b9-8-/t21-/m0/s1. The summed E-state index contributed by atoms with van der Waals surface area (Å²) < 4.78 is 0. The molecule has 1 rings (SSSR count). The maximum Gasteiger partial charge on any atom is 0.326 e. The van der Waals surface area contributed by atoms with Crippen LogP contribution in [0.2, 0.25) is 0 Å². The number of aliphatic carboxylic acids is 1. The zero-order valence-electron chi connectivity index (χ0n) is 18.0. The predicted octanol–water partition coefficient (Wildman–Crippen LogP) is 5.17. The lowest BCUT2D eigenvalue weighted by Crippen LogP contribution is -2.42. The van der Waals surface area contributed by atoms with Crippen LogP contribution < -0.4 is 5.32 Å². The van der Waals surface area contributed by atoms with E-state index in [4.69, 9.17) is 0 Å². The molecule has 1 aromatic heterocycles. The van der Waals surface area contributed by atoms with Crippen LogP contribution in [0.1, 0.15) is 96.1 Å². The first-order valence-corrected chi connectivity index (χ1v) is 11.3. The van der Waals surface area contributed by atoms with E-state index in [-0.39, 0.29) is 12.3 Å². The smallest absolute Gasteiger partial charge is 0.326 e. The second-order valence-corrected chi connectivity index (χ2v) is 7.72. The summed E-state index contributed by atoms with van der Waals surface area (Å²) in [6.07, 6.45) is 22.6. The summed E-state index contributed by atoms with van der Waals surface area (Å²) in [6, 6.07) is -0.915. The molecular formula is C23H39N3O3. The quantitative estimate of drug-likeness (QED) is 0.232. The van der Waals surface area contributed by atoms with E-state index in [9.17, 15) is 14.7 Å². The minimum atomic E-state index is -1.03. The van der Waals surface area contributed by atoms with Gasteiger partial charge < -0.3 is 15.4 Å². The number of aromatic nitrogens is 2. The molecule has 1 amide bonds. The molecule has 6 nitrogen and oxygen atoms in total. The second-order valence-electron chi connectivity index (χ2n) is 7.72. The molecule has 1 heterocycles. The molecule has 164 valence electrons. The first kappa shape index (κ1) is 24.9. The Hall–Kier alpha value is -2.11. The molecule has 0 aliphatic carbocycles. The van der Waals surface area contributed by atoms with Gasteiger partial charge >= 0.3 is 5.97 Å². The predicted molar refractivity (Wildman–Crippen MR) is 117 cm³/mol. The van der Waals surface area contributed by atoms with Crippen LogP contribution in [-0.4, -0.2) is 33.0 Å². The molecule has 0 aliphatic heterocycles. The van der Waals surface area contributed by atoms with E-state index in [1.807, 2.05) is 0 Å². The lowest BCUT2D eigenvalue weighted by Gasteiger charge is -2.13. The number of hydrogen-bond acceptors (Lipinski definition) is 3. The van der Waals surface area contributed by atoms with Crippen LogP contribution in [0, 0.1) is 0 Å². The number of carboxylic acid groups (broad SMARTS) is 1. The van der Waals surface area contributed by atoms with Gasteiger partial charge in [0.05, 0.1) is 6.33 Å². The first-order chi connectivity index (χ1) is 14.1. The lowest BCUT2D eigenvalue weighted by molar-refractivity contribution is -0.141. The van der Waals surface area contributed by atoms with E-state index in [0.29, 0.717) is 12.1 Å². The van der Waals surface area contributed by atoms with Crippen molar-refractivity contribution in [3.05, 3.63) is 30.4 Å². The Balaban J connectivity index is 1.98. The summed E-state index contributed by atoms with van der Waals surface area (Å²) in [6.45, 7) is 2.24. The molecule has 0 saturated heterocycles. The van der Waals surface area contributed by atoms with Crippen molar-refractivity contribution in [3.63, 3.8) is 0 Å². The number of carbonyl (C=O) groups excluding carboxylic acids is 1. The van der Waals surface area contributed by atoms with Gasteiger partial charge in [-0.05, 0) is 32.1 Å². The maximum absolute atomic E-state index is 12.0. The molecule has 1 aromatic rings. The molecular weight excluding hydrogens is 366 g/mol. The zero-order chi connectivity index (χ0) is 21.2. The summed E-state index contributed by atoms with van der Waals surface area (Å²) in [7, 11) is 0. The Morgan fingerprint density at radius 1 is 1.03 bits per heavy atom. The van der Waals surface area contributed by atoms with Gasteiger partial charge in [-0.2, -0.15) is 0 Å². The molecule has 0 aromatic carbocycles. The van der Waals surface area contributed by atoms with Gasteiger partial charge in [0.25, 0.3) is 0 Å². The van der Waals surface area contributed by atoms with Crippen molar-refractivity contribution >= 4 is 11.9 Å². The second kappa shape index (κ2) is 16.8. The monoisotopic (exact) mass is 405 g/mol. The van der Waals surface area contributed by atoms with Crippen molar-refractivity contribution in [2.75, 3.05) is 0 Å². The highest BCUT2D eigenvalue weighted by Crippen LogP contribution is 2.09. The number of rotatable bonds is 18. The summed E-state index contributed by atoms with van der Waals surface area (Å²) in [5, 5.41) is 11.9. The molecule has 0 spiro atoms. The molecule has 0 saturated carbocycles. The van der Waals surface area contributed by atoms with Gasteiger partial charge in [0, 0.05) is 24.7 Å². The first-order valence-electron chi connectivity index (χ1n) is 11.3. The third-order valence-electron chi connectivity index (χ3n) is 5.03. The highest BCUT2D eigenvalue weighted by molar-refractivity contribution is 5.83. The Morgan fingerprint density at radius 3 is 2.24 bits per heavy atom. The van der Waals surface area contributed by atoms with Crippen molar-refractivity contribution in [2.45, 2.75) is 103 Å². The number of aromatic amines is 1. The zero-order valence-corrected chi connectivity index (χ0v) is 18.0. The third-order valence-corrected chi connectivity index (χ3v) is 5.03. The van der Waals surface area contributed by atoms with Crippen molar-refractivity contribution < 1.29 is 14.7 Å². The van der Waals surface area contributed by atoms with Gasteiger partial charge in [0.15, 0.2) is 0 Å². The van der Waals surface area contributed by atoms with Crippen molar-refractivity contribution in [3.8, 4) is 0 Å². The topological polar surface area (TPSA) is 95.1 Å². The van der Waals surface area contributed by atoms with E-state index in [1.165, 1.54) is 57.7 Å². The molecule has 0 radical (unpaired) electrons. The van der Waals surface area contributed by atoms with Crippen LogP contribution in [0.15, 0.2) is 24.7 Å². The molecule has 1 atom stereocenters. The normalized spacial score (nSPS) is 12.3. The lowest BCUT2D eigenvalue weighted by atomic mass is 10.1. The fraction of sp³-hybridized carbons (Fsp3) is 0.696. The number of H-pyrrole nitrogens is 1. The van der Waals surface area contributed by atoms with Crippen LogP contribution in [0.25, 0.3) is 0 Å². The van der Waals surface area contributed by atoms with Gasteiger partial charge in [0.2, 0.25) is 5.91 Å². The van der Waals surface area contributed by atoms with Gasteiger partial charge in [0.1, 0.15) is 6.04 Å². The van der Waals surface area contributed by atoms with Crippen molar-refractivity contribution in [1.82, 2.24) is 15.3 Å². The number of hydrogen-bond donors (Lipinski definition) is 3. The van der Waals surface area contributed by atoms with Crippen LogP contribution in [-0.2, 0) is 16.0 Å². The van der Waals surface area contributed by atoms with E-state index in [1.54, 1.807) is 6.20 Å². The highest BCUT2D eigenvalue weighted by Gasteiger charge is 2.20. The number of allylic oxidation sites excluding steroid dienone is 2. The van der Waals surface area contributed by atoms with Crippen LogP contribution in [0.3, 0.4) is 0 Å². The molecule has 3 N–H and O–H groups in total. The Morgan fingerprint density at radius 2 is 1.66 bits per heavy atom. The van der Waals surface area contributed by atoms with Gasteiger partial charge in [-0.25, -0.2) is 9.78 Å². The minimum Gasteiger partial charge on any atom is -0.480 e. The Bertz CT molecular complexity index is 570. The maximum atomic E-state index is 12.0. The van der Waals surface area contributed by atoms with Gasteiger partial charge in [-0.1, -0.05) is 64.0 Å². The molecule has 0 fully saturated rings. The molecule has 0 unspecified atom stereocenters. The number of unbranched alkanes of at least 4 members (excludes halogenated alkanes) is 10. The van der Waals surface area contributed by atoms with Crippen LogP contribution in [0.5, 0.6) is 0 Å². The number of amides is 1. The number of carboxylic acids is 1. The molecule has 0 aliphatic rings. The largest absolute Gasteiger partial charge is 0.480 e. The van der Waals surface area contributed by atoms with Gasteiger partial charge in [-0.15, -0.1) is 0 Å². The fourth-order valence-corrected chi connectivity index (χ4v) is 3.26. The van der Waals surface area contributed by atoms with Crippen LogP contribution in [0.4, 0.5) is 0 Å². The van der Waals surface area contributed by atoms with E-state index >= 15 is 0 Å². The number of nitrogens with one attached hydrogen (secondary N) is 2. The van der Waals surface area contributed by atoms with Crippen molar-refractivity contribution in [1.29, 1.82) is 0 Å². The number of imidazole rings is 1. The highest BCUT2D eigenvalue weighted by atomic mass is 16.4. The SMILES string of the molecule is CCCCCCC/C=C\CCCCCCCC(=O)N[C@@H](Cc1cnc[nH]1)C(=O)O. The van der Waals surface area contributed by atoms with E-state index in [0.717, 1.165) is 25.7 Å². The molecule has 0 bridgehead atoms. The van der Waals surface area contributed by atoms with Gasteiger partial charge in [-0.3, -0.25) is 4.79 Å². The molecule has 6 heteroatoms. The summed E-state index contributed by atoms with van der Waals surface area (Å²) in [4.78, 5) is 30.0. The number of carbonyl (C=O) groups is 2. The Kier molecular flexibility index (Phi) is 14.4. The van der Waals surface area contributed by atoms with Crippen molar-refractivity contribution in [2.24, 2.45) is 0 Å². The average molecular weight is 406 g/mol. The van der Waals surface area contributed by atoms with E-state index < -0.39 is 12.0 Å². The van der Waals surface area contributed by atoms with Crippen LogP contribution >= 0.6 is 0 Å². The summed E-state index contributed by atoms with van der Waals surface area (Å²) >= 11 is 0. The average Bonchev–Trinajstić information content (AvgIpc) is 3.21. The summed E-state index contributed by atoms with van der Waals surface area (Å²) in [5.41, 5.74) is 0.697. The fourth-order valence-electron chi connectivity index (χ4n) is 3.26. The summed E-state index contributed by atoms with van der Waals surface area (Å²) in [5.74, 6) is -1.22. The Labute approximate surface area is 175 Å². The number of nitrogens with zero attached hydrogens (tertiary/aromatic N) is 1. The molecule has 29 heavy (non-hydrogen) atoms. The van der Waals surface area contributed by atoms with E-state index in [2.05, 4.69) is 34.4 Å². The third kappa shape index (κ3) is 13.7.